The number of hydrogen-bond donors (Lipinski definition) is 2. The molecule has 8 nitrogen and oxygen atoms in total. The molecule has 0 aliphatic carbocycles. The summed E-state index contributed by atoms with van der Waals surface area (Å²) in [4.78, 5) is 37.1. The molecule has 8 heteroatoms. The van der Waals surface area contributed by atoms with Crippen molar-refractivity contribution in [1.82, 2.24) is 10.2 Å². The highest BCUT2D eigenvalue weighted by Crippen LogP contribution is 2.19. The summed E-state index contributed by atoms with van der Waals surface area (Å²) in [6, 6.07) is 8.38. The van der Waals surface area contributed by atoms with Gasteiger partial charge in [-0.05, 0) is 37.6 Å². The molecule has 0 saturated heterocycles. The van der Waals surface area contributed by atoms with Crippen LogP contribution < -0.4 is 10.6 Å². The van der Waals surface area contributed by atoms with Crippen LogP contribution >= 0.6 is 0 Å². The normalized spacial score (nSPS) is 11.5. The number of furan rings is 1. The molecule has 1 atom stereocenters. The minimum absolute atomic E-state index is 0.0516. The molecule has 0 bridgehead atoms. The van der Waals surface area contributed by atoms with E-state index in [4.69, 9.17) is 9.15 Å². The summed E-state index contributed by atoms with van der Waals surface area (Å²) in [5, 5.41) is 5.69. The van der Waals surface area contributed by atoms with Crippen LogP contribution in [0.15, 0.2) is 34.7 Å². The highest BCUT2D eigenvalue weighted by Gasteiger charge is 2.19. The SMILES string of the molecule is CCC(=O)Nc1ccc(C(C)NC(=O)N(C)Cc2cc(C(=O)OC)c(C)o2)cc1. The maximum absolute atomic E-state index is 12.5. The minimum atomic E-state index is -0.475. The second kappa shape index (κ2) is 9.77. The number of amides is 3. The number of ether oxygens (including phenoxy) is 1. The molecule has 1 aromatic heterocycles. The molecule has 3 amide bonds. The van der Waals surface area contributed by atoms with Gasteiger partial charge in [-0.15, -0.1) is 0 Å². The fourth-order valence-corrected chi connectivity index (χ4v) is 2.72. The Morgan fingerprint density at radius 2 is 1.86 bits per heavy atom. The van der Waals surface area contributed by atoms with Crippen molar-refractivity contribution < 1.29 is 23.5 Å². The smallest absolute Gasteiger partial charge is 0.341 e. The van der Waals surface area contributed by atoms with E-state index in [1.54, 1.807) is 39.1 Å². The van der Waals surface area contributed by atoms with Gasteiger partial charge in [-0.25, -0.2) is 9.59 Å². The lowest BCUT2D eigenvalue weighted by Gasteiger charge is -2.21. The first-order valence-corrected chi connectivity index (χ1v) is 9.34. The summed E-state index contributed by atoms with van der Waals surface area (Å²) in [7, 11) is 2.95. The van der Waals surface area contributed by atoms with Crippen molar-refractivity contribution in [2.45, 2.75) is 39.8 Å². The number of nitrogens with zero attached hydrogens (tertiary/aromatic N) is 1. The first kappa shape index (κ1) is 22.0. The number of hydrogen-bond acceptors (Lipinski definition) is 5. The van der Waals surface area contributed by atoms with Crippen LogP contribution in [0.1, 0.15) is 53.8 Å². The molecule has 2 aromatic rings. The number of carbonyl (C=O) groups is 3. The lowest BCUT2D eigenvalue weighted by atomic mass is 10.1. The van der Waals surface area contributed by atoms with E-state index >= 15 is 0 Å². The Labute approximate surface area is 170 Å². The minimum Gasteiger partial charge on any atom is -0.465 e. The Morgan fingerprint density at radius 1 is 1.21 bits per heavy atom. The largest absolute Gasteiger partial charge is 0.465 e. The molecule has 0 saturated carbocycles. The molecule has 1 unspecified atom stereocenters. The Hall–Kier alpha value is -3.29. The van der Waals surface area contributed by atoms with Crippen LogP contribution in [-0.2, 0) is 16.1 Å². The Balaban J connectivity index is 1.95. The van der Waals surface area contributed by atoms with Crippen molar-refractivity contribution in [1.29, 1.82) is 0 Å². The number of nitrogens with one attached hydrogen (secondary N) is 2. The summed E-state index contributed by atoms with van der Waals surface area (Å²) in [5.41, 5.74) is 1.97. The zero-order chi connectivity index (χ0) is 21.6. The van der Waals surface area contributed by atoms with E-state index < -0.39 is 5.97 Å². The molecule has 0 aliphatic heterocycles. The number of carbonyl (C=O) groups excluding carboxylic acids is 3. The Kier molecular flexibility index (Phi) is 7.41. The van der Waals surface area contributed by atoms with Crippen LogP contribution in [0.4, 0.5) is 10.5 Å². The van der Waals surface area contributed by atoms with Gasteiger partial charge < -0.3 is 24.7 Å². The van der Waals surface area contributed by atoms with Gasteiger partial charge in [0.15, 0.2) is 0 Å². The van der Waals surface area contributed by atoms with Crippen molar-refractivity contribution in [3.8, 4) is 0 Å². The van der Waals surface area contributed by atoms with Gasteiger partial charge in [0.25, 0.3) is 0 Å². The predicted octanol–water partition coefficient (Wildman–Crippen LogP) is 3.63. The van der Waals surface area contributed by atoms with E-state index in [-0.39, 0.29) is 24.5 Å². The number of esters is 1. The van der Waals surface area contributed by atoms with Crippen LogP contribution in [0, 0.1) is 6.92 Å². The quantitative estimate of drug-likeness (QED) is 0.690. The van der Waals surface area contributed by atoms with E-state index in [0.29, 0.717) is 29.2 Å². The molecule has 0 spiro atoms. The second-order valence-electron chi connectivity index (χ2n) is 6.73. The lowest BCUT2D eigenvalue weighted by Crippen LogP contribution is -2.38. The second-order valence-corrected chi connectivity index (χ2v) is 6.73. The molecule has 1 heterocycles. The first-order chi connectivity index (χ1) is 13.7. The highest BCUT2D eigenvalue weighted by molar-refractivity contribution is 5.91. The zero-order valence-electron chi connectivity index (χ0n) is 17.4. The Morgan fingerprint density at radius 3 is 2.45 bits per heavy atom. The third-order valence-electron chi connectivity index (χ3n) is 4.47. The van der Waals surface area contributed by atoms with E-state index in [2.05, 4.69) is 10.6 Å². The summed E-state index contributed by atoms with van der Waals surface area (Å²) in [6.07, 6.45) is 0.414. The molecule has 29 heavy (non-hydrogen) atoms. The molecule has 2 N–H and O–H groups in total. The van der Waals surface area contributed by atoms with Crippen molar-refractivity contribution in [2.75, 3.05) is 19.5 Å². The van der Waals surface area contributed by atoms with Gasteiger partial charge in [-0.1, -0.05) is 19.1 Å². The number of rotatable bonds is 7. The van der Waals surface area contributed by atoms with Crippen LogP contribution in [0.2, 0.25) is 0 Å². The highest BCUT2D eigenvalue weighted by atomic mass is 16.5. The molecular weight excluding hydrogens is 374 g/mol. The number of urea groups is 1. The number of anilines is 1. The molecule has 1 aromatic carbocycles. The van der Waals surface area contributed by atoms with Crippen molar-refractivity contribution in [3.05, 3.63) is 53.0 Å². The van der Waals surface area contributed by atoms with E-state index in [1.807, 2.05) is 19.1 Å². The Bertz CT molecular complexity index is 873. The van der Waals surface area contributed by atoms with Crippen LogP contribution in [0.25, 0.3) is 0 Å². The number of aryl methyl sites for hydroxylation is 1. The van der Waals surface area contributed by atoms with Crippen LogP contribution in [0.3, 0.4) is 0 Å². The maximum atomic E-state index is 12.5. The summed E-state index contributed by atoms with van der Waals surface area (Å²) in [5.74, 6) is 0.412. The maximum Gasteiger partial charge on any atom is 0.341 e. The topological polar surface area (TPSA) is 101 Å². The molecular formula is C21H27N3O5. The molecule has 0 fully saturated rings. The average Bonchev–Trinajstić information content (AvgIpc) is 3.07. The molecule has 0 radical (unpaired) electrons. The van der Waals surface area contributed by atoms with Crippen LogP contribution in [-0.4, -0.2) is 37.0 Å². The van der Waals surface area contributed by atoms with Gasteiger partial charge in [0.2, 0.25) is 5.91 Å². The predicted molar refractivity (Wildman–Crippen MR) is 109 cm³/mol. The number of methoxy groups -OCH3 is 1. The summed E-state index contributed by atoms with van der Waals surface area (Å²) in [6.45, 7) is 5.54. The fraction of sp³-hybridized carbons (Fsp3) is 0.381. The molecule has 156 valence electrons. The summed E-state index contributed by atoms with van der Waals surface area (Å²) < 4.78 is 10.3. The van der Waals surface area contributed by atoms with Gasteiger partial charge in [-0.3, -0.25) is 4.79 Å². The van der Waals surface area contributed by atoms with Gasteiger partial charge in [0.1, 0.15) is 17.1 Å². The third-order valence-corrected chi connectivity index (χ3v) is 4.47. The van der Waals surface area contributed by atoms with Gasteiger partial charge in [-0.2, -0.15) is 0 Å². The van der Waals surface area contributed by atoms with Crippen LogP contribution in [0.5, 0.6) is 0 Å². The zero-order valence-corrected chi connectivity index (χ0v) is 17.4. The monoisotopic (exact) mass is 401 g/mol. The first-order valence-electron chi connectivity index (χ1n) is 9.34. The van der Waals surface area contributed by atoms with E-state index in [0.717, 1.165) is 5.56 Å². The van der Waals surface area contributed by atoms with E-state index in [9.17, 15) is 14.4 Å². The fourth-order valence-electron chi connectivity index (χ4n) is 2.72. The van der Waals surface area contributed by atoms with E-state index in [1.165, 1.54) is 12.0 Å². The van der Waals surface area contributed by atoms with Crippen molar-refractivity contribution in [3.63, 3.8) is 0 Å². The molecule has 0 aliphatic rings. The number of benzene rings is 1. The average molecular weight is 401 g/mol. The van der Waals surface area contributed by atoms with Crippen molar-refractivity contribution >= 4 is 23.6 Å². The summed E-state index contributed by atoms with van der Waals surface area (Å²) >= 11 is 0. The lowest BCUT2D eigenvalue weighted by molar-refractivity contribution is -0.115. The standard InChI is InChI=1S/C21H27N3O5/c1-6-19(25)23-16-9-7-15(8-10-16)13(2)22-21(27)24(4)12-17-11-18(14(3)29-17)20(26)28-5/h7-11,13H,6,12H2,1-5H3,(H,22,27)(H,23,25). The third kappa shape index (κ3) is 5.84. The van der Waals surface area contributed by atoms with Gasteiger partial charge >= 0.3 is 12.0 Å². The van der Waals surface area contributed by atoms with Gasteiger partial charge in [0, 0.05) is 19.2 Å². The van der Waals surface area contributed by atoms with Crippen molar-refractivity contribution in [2.24, 2.45) is 0 Å². The van der Waals surface area contributed by atoms with Gasteiger partial charge in [0.05, 0.1) is 19.7 Å². The molecule has 2 rings (SSSR count).